The first kappa shape index (κ1) is 25.4. The van der Waals surface area contributed by atoms with Crippen molar-refractivity contribution in [3.8, 4) is 6.07 Å². The molecule has 0 unspecified atom stereocenters. The summed E-state index contributed by atoms with van der Waals surface area (Å²) < 4.78 is 7.40. The molecule has 3 rings (SSSR count). The molecule has 180 valence electrons. The van der Waals surface area contributed by atoms with Gasteiger partial charge in [0, 0.05) is 15.4 Å². The molecule has 12 heteroatoms. The molecule has 0 saturated carbocycles. The number of carboxylic acid groups (broad SMARTS) is 1. The van der Waals surface area contributed by atoms with Crippen molar-refractivity contribution in [2.75, 3.05) is 6.61 Å². The van der Waals surface area contributed by atoms with Crippen LogP contribution in [-0.4, -0.2) is 73.0 Å². The standard InChI is InChI=1S/C22H23BrN4O7/c1-3-10(2)21(31)25-18-14(7-17(22(32)33)34-20(18)19(30)16(29)9-28)27-15(8-24)12-6-11(23)4-5-13(12)26-27/h3-7,14,16,18-20,28-30H,9H2,1-2H3,(H,25,31)(H,32,33)/t14-,16+,18+,19+,20+/m0/s1. The average Bonchev–Trinajstić information content (AvgIpc) is 3.19. The second kappa shape index (κ2) is 10.4. The van der Waals surface area contributed by atoms with E-state index in [1.54, 1.807) is 38.1 Å². The van der Waals surface area contributed by atoms with Crippen molar-refractivity contribution in [1.82, 2.24) is 15.1 Å². The summed E-state index contributed by atoms with van der Waals surface area (Å²) in [5.41, 5.74) is 0.860. The first-order valence-corrected chi connectivity index (χ1v) is 11.0. The van der Waals surface area contributed by atoms with E-state index in [1.807, 2.05) is 0 Å². The molecule has 0 saturated heterocycles. The summed E-state index contributed by atoms with van der Waals surface area (Å²) in [5, 5.41) is 57.2. The molecule has 1 amide bonds. The fourth-order valence-electron chi connectivity index (χ4n) is 3.63. The number of benzene rings is 1. The van der Waals surface area contributed by atoms with Gasteiger partial charge in [-0.2, -0.15) is 10.4 Å². The molecule has 2 aromatic rings. The zero-order valence-electron chi connectivity index (χ0n) is 18.2. The summed E-state index contributed by atoms with van der Waals surface area (Å²) in [6, 6.07) is 4.85. The lowest BCUT2D eigenvalue weighted by Crippen LogP contribution is -2.59. The lowest BCUT2D eigenvalue weighted by molar-refractivity contribution is -0.146. The predicted molar refractivity (Wildman–Crippen MR) is 122 cm³/mol. The minimum absolute atomic E-state index is 0.0853. The fourth-order valence-corrected chi connectivity index (χ4v) is 3.99. The highest BCUT2D eigenvalue weighted by atomic mass is 79.9. The first-order valence-electron chi connectivity index (χ1n) is 10.2. The SMILES string of the molecule is CC=C(C)C(=O)N[C@H]1[C@H]([C@H](O)[C@H](O)CO)OC(C(=O)O)=C[C@@H]1n1nc2ccc(Br)cc2c1C#N. The number of halogens is 1. The van der Waals surface area contributed by atoms with E-state index >= 15 is 0 Å². The number of nitriles is 1. The number of hydrogen-bond acceptors (Lipinski definition) is 8. The normalized spacial score (nSPS) is 22.3. The number of allylic oxidation sites excluding steroid dienone is 1. The molecule has 0 aliphatic carbocycles. The lowest BCUT2D eigenvalue weighted by atomic mass is 9.91. The van der Waals surface area contributed by atoms with Crippen LogP contribution < -0.4 is 5.32 Å². The van der Waals surface area contributed by atoms with Crippen molar-refractivity contribution in [2.24, 2.45) is 0 Å². The number of amides is 1. The maximum Gasteiger partial charge on any atom is 0.370 e. The van der Waals surface area contributed by atoms with Crippen LogP contribution in [0.4, 0.5) is 0 Å². The minimum atomic E-state index is -1.78. The number of rotatable bonds is 7. The van der Waals surface area contributed by atoms with Crippen LogP contribution in [0.3, 0.4) is 0 Å². The van der Waals surface area contributed by atoms with Crippen molar-refractivity contribution in [2.45, 2.75) is 44.2 Å². The van der Waals surface area contributed by atoms with Crippen molar-refractivity contribution < 1.29 is 34.8 Å². The number of ether oxygens (including phenoxy) is 1. The number of aromatic nitrogens is 2. The minimum Gasteiger partial charge on any atom is -0.478 e. The van der Waals surface area contributed by atoms with Crippen LogP contribution in [0.5, 0.6) is 0 Å². The Kier molecular flexibility index (Phi) is 7.73. The van der Waals surface area contributed by atoms with E-state index in [4.69, 9.17) is 4.74 Å². The van der Waals surface area contributed by atoms with E-state index in [9.17, 15) is 35.3 Å². The number of nitrogens with one attached hydrogen (secondary N) is 1. The number of aliphatic hydroxyl groups is 3. The van der Waals surface area contributed by atoms with Crippen LogP contribution >= 0.6 is 15.9 Å². The molecule has 0 bridgehead atoms. The third-order valence-corrected chi connectivity index (χ3v) is 6.06. The summed E-state index contributed by atoms with van der Waals surface area (Å²) in [6.45, 7) is 2.37. The number of carbonyl (C=O) groups is 2. The van der Waals surface area contributed by atoms with Gasteiger partial charge < -0.3 is 30.5 Å². The molecule has 0 radical (unpaired) electrons. The number of aliphatic carboxylic acids is 1. The maximum absolute atomic E-state index is 12.7. The summed E-state index contributed by atoms with van der Waals surface area (Å²) in [6.07, 6.45) is -2.24. The van der Waals surface area contributed by atoms with Gasteiger partial charge in [-0.05, 0) is 38.1 Å². The third-order valence-electron chi connectivity index (χ3n) is 5.57. The predicted octanol–water partition coefficient (Wildman–Crippen LogP) is 0.744. The molecule has 34 heavy (non-hydrogen) atoms. The number of carboxylic acids is 1. The zero-order valence-corrected chi connectivity index (χ0v) is 19.8. The van der Waals surface area contributed by atoms with Crippen LogP contribution in [0.15, 0.2) is 46.2 Å². The summed E-state index contributed by atoms with van der Waals surface area (Å²) in [5.74, 6) is -2.58. The largest absolute Gasteiger partial charge is 0.478 e. The number of nitrogens with zero attached hydrogens (tertiary/aromatic N) is 3. The van der Waals surface area contributed by atoms with Crippen molar-refractivity contribution in [3.05, 3.63) is 51.9 Å². The highest BCUT2D eigenvalue weighted by Crippen LogP contribution is 2.33. The molecular weight excluding hydrogens is 512 g/mol. The average molecular weight is 535 g/mol. The third kappa shape index (κ3) is 4.83. The van der Waals surface area contributed by atoms with Gasteiger partial charge in [0.1, 0.15) is 30.1 Å². The summed E-state index contributed by atoms with van der Waals surface area (Å²) in [4.78, 5) is 24.6. The van der Waals surface area contributed by atoms with Gasteiger partial charge in [0.15, 0.2) is 0 Å². The Morgan fingerprint density at radius 2 is 2.12 bits per heavy atom. The summed E-state index contributed by atoms with van der Waals surface area (Å²) >= 11 is 3.35. The molecule has 5 N–H and O–H groups in total. The molecule has 1 aromatic heterocycles. The number of fused-ring (bicyclic) bond motifs is 1. The number of carbonyl (C=O) groups excluding carboxylic acids is 1. The van der Waals surface area contributed by atoms with E-state index in [1.165, 1.54) is 10.8 Å². The highest BCUT2D eigenvalue weighted by Gasteiger charge is 2.45. The second-order valence-electron chi connectivity index (χ2n) is 7.69. The van der Waals surface area contributed by atoms with Crippen LogP contribution in [0.25, 0.3) is 10.9 Å². The monoisotopic (exact) mass is 534 g/mol. The Labute approximate surface area is 202 Å². The van der Waals surface area contributed by atoms with Crippen molar-refractivity contribution >= 4 is 38.7 Å². The zero-order chi connectivity index (χ0) is 25.2. The number of aliphatic hydroxyl groups excluding tert-OH is 3. The summed E-state index contributed by atoms with van der Waals surface area (Å²) in [7, 11) is 0. The van der Waals surface area contributed by atoms with Gasteiger partial charge in [-0.25, -0.2) is 9.48 Å². The first-order chi connectivity index (χ1) is 16.1. The van der Waals surface area contributed by atoms with E-state index < -0.39 is 54.6 Å². The molecular formula is C22H23BrN4O7. The molecule has 2 heterocycles. The van der Waals surface area contributed by atoms with E-state index in [-0.39, 0.29) is 5.69 Å². The second-order valence-corrected chi connectivity index (χ2v) is 8.60. The molecule has 1 aliphatic heterocycles. The Morgan fingerprint density at radius 3 is 2.71 bits per heavy atom. The maximum atomic E-state index is 12.7. The van der Waals surface area contributed by atoms with Crippen molar-refractivity contribution in [1.29, 1.82) is 5.26 Å². The molecule has 1 aliphatic rings. The van der Waals surface area contributed by atoms with Crippen LogP contribution in [0.2, 0.25) is 0 Å². The Balaban J connectivity index is 2.24. The van der Waals surface area contributed by atoms with E-state index in [2.05, 4.69) is 32.4 Å². The molecule has 0 spiro atoms. The Hall–Kier alpha value is -3.24. The Morgan fingerprint density at radius 1 is 1.41 bits per heavy atom. The van der Waals surface area contributed by atoms with E-state index in [0.717, 1.165) is 0 Å². The lowest BCUT2D eigenvalue weighted by Gasteiger charge is -2.40. The van der Waals surface area contributed by atoms with Gasteiger partial charge in [-0.3, -0.25) is 4.79 Å². The molecule has 0 fully saturated rings. The molecule has 1 aromatic carbocycles. The highest BCUT2D eigenvalue weighted by molar-refractivity contribution is 9.10. The van der Waals surface area contributed by atoms with Gasteiger partial charge in [0.05, 0.1) is 24.2 Å². The van der Waals surface area contributed by atoms with Crippen molar-refractivity contribution in [3.63, 3.8) is 0 Å². The van der Waals surface area contributed by atoms with Crippen LogP contribution in [-0.2, 0) is 14.3 Å². The topological polar surface area (TPSA) is 178 Å². The van der Waals surface area contributed by atoms with E-state index in [0.29, 0.717) is 20.9 Å². The Bertz CT molecular complexity index is 1220. The van der Waals surface area contributed by atoms with Gasteiger partial charge >= 0.3 is 5.97 Å². The van der Waals surface area contributed by atoms with Gasteiger partial charge in [0.25, 0.3) is 0 Å². The van der Waals surface area contributed by atoms with Gasteiger partial charge in [-0.1, -0.05) is 22.0 Å². The smallest absolute Gasteiger partial charge is 0.370 e. The number of hydrogen-bond donors (Lipinski definition) is 5. The van der Waals surface area contributed by atoms with Crippen LogP contribution in [0.1, 0.15) is 25.6 Å². The van der Waals surface area contributed by atoms with Gasteiger partial charge in [0.2, 0.25) is 11.7 Å². The van der Waals surface area contributed by atoms with Gasteiger partial charge in [-0.15, -0.1) is 0 Å². The quantitative estimate of drug-likeness (QED) is 0.320. The van der Waals surface area contributed by atoms with Crippen LogP contribution in [0, 0.1) is 11.3 Å². The molecule has 5 atom stereocenters. The molecule has 11 nitrogen and oxygen atoms in total. The fraction of sp³-hybridized carbons (Fsp3) is 0.364.